The molecule has 0 aliphatic heterocycles. The van der Waals surface area contributed by atoms with Crippen LogP contribution in [0.25, 0.3) is 11.1 Å². The van der Waals surface area contributed by atoms with Crippen LogP contribution in [0.4, 0.5) is 13.2 Å². The Kier molecular flexibility index (Phi) is 8.19. The van der Waals surface area contributed by atoms with E-state index >= 15 is 0 Å². The third-order valence-electron chi connectivity index (χ3n) is 5.18. The number of halogens is 3. The number of hydrogen-bond donors (Lipinski definition) is 3. The van der Waals surface area contributed by atoms with E-state index in [1.54, 1.807) is 19.1 Å². The van der Waals surface area contributed by atoms with Crippen molar-refractivity contribution in [3.63, 3.8) is 0 Å². The molecule has 0 fully saturated rings. The summed E-state index contributed by atoms with van der Waals surface area (Å²) >= 11 is 0. The molecule has 1 unspecified atom stereocenters. The zero-order valence-corrected chi connectivity index (χ0v) is 18.8. The van der Waals surface area contributed by atoms with Gasteiger partial charge in [-0.05, 0) is 47.9 Å². The summed E-state index contributed by atoms with van der Waals surface area (Å²) in [7, 11) is 0. The molecule has 3 rings (SSSR count). The predicted octanol–water partition coefficient (Wildman–Crippen LogP) is 3.19. The molecule has 1 heterocycles. The van der Waals surface area contributed by atoms with E-state index in [4.69, 9.17) is 5.73 Å². The molecule has 3 aromatic rings. The van der Waals surface area contributed by atoms with Crippen molar-refractivity contribution in [3.8, 4) is 11.1 Å². The van der Waals surface area contributed by atoms with Crippen molar-refractivity contribution in [2.24, 2.45) is 5.73 Å². The van der Waals surface area contributed by atoms with E-state index in [9.17, 15) is 27.6 Å². The molecule has 2 aromatic carbocycles. The van der Waals surface area contributed by atoms with Crippen LogP contribution in [0.2, 0.25) is 0 Å². The zero-order valence-electron chi connectivity index (χ0n) is 18.8. The first kappa shape index (κ1) is 25.4. The summed E-state index contributed by atoms with van der Waals surface area (Å²) in [5, 5.41) is 5.19. The van der Waals surface area contributed by atoms with Crippen LogP contribution in [0.15, 0.2) is 54.7 Å². The van der Waals surface area contributed by atoms with Crippen LogP contribution in [0, 0.1) is 17.5 Å². The first-order valence-corrected chi connectivity index (χ1v) is 10.7. The van der Waals surface area contributed by atoms with Gasteiger partial charge in [-0.15, -0.1) is 0 Å². The van der Waals surface area contributed by atoms with Crippen LogP contribution in [0.3, 0.4) is 0 Å². The van der Waals surface area contributed by atoms with Gasteiger partial charge in [0.15, 0.2) is 0 Å². The van der Waals surface area contributed by atoms with Gasteiger partial charge in [-0.25, -0.2) is 13.2 Å². The van der Waals surface area contributed by atoms with E-state index in [1.165, 1.54) is 18.3 Å². The van der Waals surface area contributed by atoms with Crippen molar-refractivity contribution in [2.75, 3.05) is 6.54 Å². The smallest absolute Gasteiger partial charge is 0.251 e. The standard InChI is InChI=1S/C25H23F3N4O3/c1-2-22(33)31-13-23(34)32-21(10-14-8-16(26)12-17(27)9-14)24-18(4-3-7-30-24)15-5-6-20(28)19(11-15)25(29)35/h3-9,11-12,21H,2,10,13H2,1H3,(H2,29,35)(H,31,33)(H,32,34). The first-order chi connectivity index (χ1) is 16.7. The molecule has 0 saturated heterocycles. The third-order valence-corrected chi connectivity index (χ3v) is 5.18. The maximum Gasteiger partial charge on any atom is 0.251 e. The van der Waals surface area contributed by atoms with E-state index in [2.05, 4.69) is 15.6 Å². The number of pyridine rings is 1. The van der Waals surface area contributed by atoms with E-state index < -0.39 is 35.3 Å². The Bertz CT molecular complexity index is 1250. The topological polar surface area (TPSA) is 114 Å². The monoisotopic (exact) mass is 484 g/mol. The number of amides is 3. The number of aromatic nitrogens is 1. The fourth-order valence-electron chi connectivity index (χ4n) is 3.55. The molecule has 0 radical (unpaired) electrons. The minimum absolute atomic E-state index is 0.0456. The molecule has 7 nitrogen and oxygen atoms in total. The van der Waals surface area contributed by atoms with Gasteiger partial charge in [0.1, 0.15) is 17.5 Å². The van der Waals surface area contributed by atoms with Crippen molar-refractivity contribution < 1.29 is 27.6 Å². The number of nitrogens with two attached hydrogens (primary N) is 1. The lowest BCUT2D eigenvalue weighted by molar-refractivity contribution is -0.126. The van der Waals surface area contributed by atoms with Gasteiger partial charge in [0.25, 0.3) is 5.91 Å². The minimum atomic E-state index is -0.957. The number of hydrogen-bond acceptors (Lipinski definition) is 4. The minimum Gasteiger partial charge on any atom is -0.366 e. The highest BCUT2D eigenvalue weighted by Gasteiger charge is 2.22. The molecular formula is C25H23F3N4O3. The molecule has 1 aromatic heterocycles. The van der Waals surface area contributed by atoms with Gasteiger partial charge in [-0.3, -0.25) is 19.4 Å². The average Bonchev–Trinajstić information content (AvgIpc) is 2.81. The lowest BCUT2D eigenvalue weighted by Gasteiger charge is -2.22. The highest BCUT2D eigenvalue weighted by atomic mass is 19.1. The van der Waals surface area contributed by atoms with Gasteiger partial charge < -0.3 is 16.4 Å². The van der Waals surface area contributed by atoms with E-state index in [-0.39, 0.29) is 36.4 Å². The quantitative estimate of drug-likeness (QED) is 0.433. The number of carbonyl (C=O) groups excluding carboxylic acids is 3. The highest BCUT2D eigenvalue weighted by Crippen LogP contribution is 2.30. The fourth-order valence-corrected chi connectivity index (χ4v) is 3.55. The van der Waals surface area contributed by atoms with Crippen LogP contribution in [0.1, 0.15) is 41.0 Å². The number of nitrogens with zero attached hydrogens (tertiary/aromatic N) is 1. The summed E-state index contributed by atoms with van der Waals surface area (Å²) in [6.45, 7) is 1.32. The van der Waals surface area contributed by atoms with Crippen molar-refractivity contribution in [2.45, 2.75) is 25.8 Å². The molecule has 1 atom stereocenters. The summed E-state index contributed by atoms with van der Waals surface area (Å²) < 4.78 is 41.7. The highest BCUT2D eigenvalue weighted by molar-refractivity contribution is 5.94. The summed E-state index contributed by atoms with van der Waals surface area (Å²) in [6, 6.07) is 9.12. The van der Waals surface area contributed by atoms with Gasteiger partial charge in [-0.2, -0.15) is 0 Å². The van der Waals surface area contributed by atoms with Crippen LogP contribution in [0.5, 0.6) is 0 Å². The van der Waals surface area contributed by atoms with Gasteiger partial charge in [-0.1, -0.05) is 19.1 Å². The van der Waals surface area contributed by atoms with Gasteiger partial charge >= 0.3 is 0 Å². The maximum absolute atomic E-state index is 14.0. The second-order valence-electron chi connectivity index (χ2n) is 7.73. The third kappa shape index (κ3) is 6.66. The Hall–Kier alpha value is -4.21. The van der Waals surface area contributed by atoms with E-state index in [1.807, 2.05) is 0 Å². The molecule has 0 bridgehead atoms. The molecule has 0 saturated carbocycles. The lowest BCUT2D eigenvalue weighted by Crippen LogP contribution is -2.39. The molecule has 3 amide bonds. The largest absolute Gasteiger partial charge is 0.366 e. The molecule has 0 aliphatic rings. The number of benzene rings is 2. The van der Waals surface area contributed by atoms with Gasteiger partial charge in [0, 0.05) is 24.2 Å². The van der Waals surface area contributed by atoms with Crippen LogP contribution in [-0.2, 0) is 16.0 Å². The molecule has 0 spiro atoms. The maximum atomic E-state index is 14.0. The first-order valence-electron chi connectivity index (χ1n) is 10.7. The molecule has 182 valence electrons. The average molecular weight is 484 g/mol. The second-order valence-corrected chi connectivity index (χ2v) is 7.73. The SMILES string of the molecule is CCC(=O)NCC(=O)NC(Cc1cc(F)cc(F)c1)c1ncccc1-c1ccc(F)c(C(N)=O)c1. The van der Waals surface area contributed by atoms with Gasteiger partial charge in [0.05, 0.1) is 23.8 Å². The number of nitrogens with one attached hydrogen (secondary N) is 2. The number of rotatable bonds is 9. The van der Waals surface area contributed by atoms with Gasteiger partial charge in [0.2, 0.25) is 11.8 Å². The fraction of sp³-hybridized carbons (Fsp3) is 0.200. The van der Waals surface area contributed by atoms with E-state index in [0.29, 0.717) is 16.8 Å². The van der Waals surface area contributed by atoms with Crippen molar-refractivity contribution in [1.29, 1.82) is 0 Å². The Morgan fingerprint density at radius 1 is 1.00 bits per heavy atom. The molecular weight excluding hydrogens is 461 g/mol. The van der Waals surface area contributed by atoms with Crippen LogP contribution < -0.4 is 16.4 Å². The summed E-state index contributed by atoms with van der Waals surface area (Å²) in [5.41, 5.74) is 6.33. The van der Waals surface area contributed by atoms with Crippen molar-refractivity contribution in [1.82, 2.24) is 15.6 Å². The Morgan fingerprint density at radius 2 is 1.71 bits per heavy atom. The molecule has 35 heavy (non-hydrogen) atoms. The summed E-state index contributed by atoms with van der Waals surface area (Å²) in [4.78, 5) is 40.1. The summed E-state index contributed by atoms with van der Waals surface area (Å²) in [5.74, 6) is -4.20. The van der Waals surface area contributed by atoms with Crippen LogP contribution in [-0.4, -0.2) is 29.3 Å². The second kappa shape index (κ2) is 11.3. The number of primary amides is 1. The Morgan fingerprint density at radius 3 is 2.37 bits per heavy atom. The van der Waals surface area contributed by atoms with Crippen molar-refractivity contribution in [3.05, 3.63) is 89.0 Å². The normalized spacial score (nSPS) is 11.5. The molecule has 10 heteroatoms. The van der Waals surface area contributed by atoms with Crippen molar-refractivity contribution >= 4 is 17.7 Å². The lowest BCUT2D eigenvalue weighted by atomic mass is 9.94. The Balaban J connectivity index is 2.03. The number of carbonyl (C=O) groups is 3. The predicted molar refractivity (Wildman–Crippen MR) is 122 cm³/mol. The van der Waals surface area contributed by atoms with Crippen LogP contribution >= 0.6 is 0 Å². The molecule has 0 aliphatic carbocycles. The Labute approximate surface area is 199 Å². The molecule has 4 N–H and O–H groups in total. The summed E-state index contributed by atoms with van der Waals surface area (Å²) in [6.07, 6.45) is 1.61. The van der Waals surface area contributed by atoms with E-state index in [0.717, 1.165) is 24.3 Å². The zero-order chi connectivity index (χ0) is 25.5.